The maximum atomic E-state index is 11.4. The van der Waals surface area contributed by atoms with Gasteiger partial charge in [-0.3, -0.25) is 9.59 Å². The molecule has 0 unspecified atom stereocenters. The van der Waals surface area contributed by atoms with E-state index in [-0.39, 0.29) is 18.7 Å². The molecule has 0 aliphatic carbocycles. The van der Waals surface area contributed by atoms with E-state index in [2.05, 4.69) is 10.3 Å². The monoisotopic (exact) mass is 222 g/mol. The van der Waals surface area contributed by atoms with Crippen LogP contribution in [0, 0.1) is 6.92 Å². The highest BCUT2D eigenvalue weighted by atomic mass is 16.4. The molecule has 0 saturated carbocycles. The Morgan fingerprint density at radius 1 is 1.38 bits per heavy atom. The van der Waals surface area contributed by atoms with Gasteiger partial charge in [-0.2, -0.15) is 0 Å². The molecular weight excluding hydrogens is 208 g/mol. The zero-order valence-corrected chi connectivity index (χ0v) is 9.06. The number of rotatable bonds is 5. The molecule has 0 radical (unpaired) electrons. The number of hydrogen-bond acceptors (Lipinski definition) is 3. The van der Waals surface area contributed by atoms with Crippen LogP contribution in [0.3, 0.4) is 0 Å². The Balaban J connectivity index is 2.37. The molecule has 1 aromatic rings. The van der Waals surface area contributed by atoms with Crippen molar-refractivity contribution in [3.63, 3.8) is 0 Å². The SMILES string of the molecule is Cc1cccc(NC(=O)CCCC(=O)O)n1. The van der Waals surface area contributed by atoms with Crippen LogP contribution in [0.4, 0.5) is 5.82 Å². The topological polar surface area (TPSA) is 79.3 Å². The van der Waals surface area contributed by atoms with Crippen molar-refractivity contribution in [1.82, 2.24) is 4.98 Å². The average Bonchev–Trinajstić information content (AvgIpc) is 2.16. The van der Waals surface area contributed by atoms with Gasteiger partial charge in [-0.25, -0.2) is 4.98 Å². The number of aromatic nitrogens is 1. The van der Waals surface area contributed by atoms with Crippen LogP contribution in [0.25, 0.3) is 0 Å². The van der Waals surface area contributed by atoms with Crippen molar-refractivity contribution in [3.05, 3.63) is 23.9 Å². The number of carboxylic acids is 1. The average molecular weight is 222 g/mol. The number of amides is 1. The number of pyridine rings is 1. The van der Waals surface area contributed by atoms with Crippen molar-refractivity contribution in [2.75, 3.05) is 5.32 Å². The summed E-state index contributed by atoms with van der Waals surface area (Å²) in [7, 11) is 0. The molecule has 0 aliphatic rings. The van der Waals surface area contributed by atoms with Gasteiger partial charge in [0.25, 0.3) is 0 Å². The van der Waals surface area contributed by atoms with Gasteiger partial charge in [-0.05, 0) is 25.5 Å². The van der Waals surface area contributed by atoms with Gasteiger partial charge in [0.15, 0.2) is 0 Å². The van der Waals surface area contributed by atoms with E-state index < -0.39 is 5.97 Å². The van der Waals surface area contributed by atoms with Gasteiger partial charge in [0.1, 0.15) is 5.82 Å². The summed E-state index contributed by atoms with van der Waals surface area (Å²) in [4.78, 5) is 25.7. The van der Waals surface area contributed by atoms with Gasteiger partial charge in [0, 0.05) is 18.5 Å². The third-order valence-corrected chi connectivity index (χ3v) is 1.95. The second kappa shape index (κ2) is 5.85. The van der Waals surface area contributed by atoms with Crippen LogP contribution in [-0.2, 0) is 9.59 Å². The maximum absolute atomic E-state index is 11.4. The quantitative estimate of drug-likeness (QED) is 0.792. The molecule has 0 fully saturated rings. The van der Waals surface area contributed by atoms with Crippen LogP contribution in [0.15, 0.2) is 18.2 Å². The minimum absolute atomic E-state index is 0.00860. The van der Waals surface area contributed by atoms with Crippen molar-refractivity contribution < 1.29 is 14.7 Å². The molecule has 1 rings (SSSR count). The molecule has 1 amide bonds. The number of carbonyl (C=O) groups excluding carboxylic acids is 1. The fourth-order valence-electron chi connectivity index (χ4n) is 1.22. The lowest BCUT2D eigenvalue weighted by molar-refractivity contribution is -0.137. The number of anilines is 1. The first kappa shape index (κ1) is 12.2. The van der Waals surface area contributed by atoms with E-state index in [1.807, 2.05) is 13.0 Å². The lowest BCUT2D eigenvalue weighted by Crippen LogP contribution is -2.13. The number of carboxylic acid groups (broad SMARTS) is 1. The van der Waals surface area contributed by atoms with Gasteiger partial charge in [0.2, 0.25) is 5.91 Å². The van der Waals surface area contributed by atoms with Crippen LogP contribution in [0.5, 0.6) is 0 Å². The van der Waals surface area contributed by atoms with E-state index in [0.717, 1.165) is 5.69 Å². The molecule has 5 heteroatoms. The standard InChI is InChI=1S/C11H14N2O3/c1-8-4-2-5-9(12-8)13-10(14)6-3-7-11(15)16/h2,4-5H,3,6-7H2,1H3,(H,15,16)(H,12,13,14). The maximum Gasteiger partial charge on any atom is 0.303 e. The van der Waals surface area contributed by atoms with E-state index in [0.29, 0.717) is 12.2 Å². The molecule has 0 saturated heterocycles. The van der Waals surface area contributed by atoms with Crippen LogP contribution in [0.1, 0.15) is 25.0 Å². The van der Waals surface area contributed by atoms with Gasteiger partial charge < -0.3 is 10.4 Å². The third-order valence-electron chi connectivity index (χ3n) is 1.95. The number of aliphatic carboxylic acids is 1. The van der Waals surface area contributed by atoms with E-state index in [1.165, 1.54) is 0 Å². The van der Waals surface area contributed by atoms with E-state index in [1.54, 1.807) is 12.1 Å². The van der Waals surface area contributed by atoms with Crippen LogP contribution in [0.2, 0.25) is 0 Å². The Morgan fingerprint density at radius 2 is 2.12 bits per heavy atom. The third kappa shape index (κ3) is 4.54. The fraction of sp³-hybridized carbons (Fsp3) is 0.364. The molecule has 0 bridgehead atoms. The van der Waals surface area contributed by atoms with Crippen LogP contribution in [-0.4, -0.2) is 22.0 Å². The van der Waals surface area contributed by atoms with Crippen molar-refractivity contribution in [1.29, 1.82) is 0 Å². The minimum atomic E-state index is -0.888. The molecule has 0 aliphatic heterocycles. The van der Waals surface area contributed by atoms with Crippen molar-refractivity contribution >= 4 is 17.7 Å². The molecular formula is C11H14N2O3. The summed E-state index contributed by atoms with van der Waals surface area (Å²) in [5.41, 5.74) is 0.823. The number of carbonyl (C=O) groups is 2. The summed E-state index contributed by atoms with van der Waals surface area (Å²) in [5, 5.41) is 11.0. The minimum Gasteiger partial charge on any atom is -0.481 e. The molecule has 86 valence electrons. The Morgan fingerprint density at radius 3 is 2.75 bits per heavy atom. The van der Waals surface area contributed by atoms with Crippen molar-refractivity contribution in [2.24, 2.45) is 0 Å². The smallest absolute Gasteiger partial charge is 0.303 e. The molecule has 5 nitrogen and oxygen atoms in total. The predicted octanol–water partition coefficient (Wildman–Crippen LogP) is 1.58. The molecule has 2 N–H and O–H groups in total. The number of nitrogens with zero attached hydrogens (tertiary/aromatic N) is 1. The van der Waals surface area contributed by atoms with E-state index in [4.69, 9.17) is 5.11 Å². The Bertz CT molecular complexity index is 391. The van der Waals surface area contributed by atoms with Gasteiger partial charge in [0.05, 0.1) is 0 Å². The largest absolute Gasteiger partial charge is 0.481 e. The second-order valence-electron chi connectivity index (χ2n) is 3.46. The number of hydrogen-bond donors (Lipinski definition) is 2. The number of aryl methyl sites for hydroxylation is 1. The first-order valence-electron chi connectivity index (χ1n) is 5.03. The summed E-state index contributed by atoms with van der Waals surface area (Å²) < 4.78 is 0. The highest BCUT2D eigenvalue weighted by molar-refractivity contribution is 5.89. The van der Waals surface area contributed by atoms with Gasteiger partial charge >= 0.3 is 5.97 Å². The zero-order chi connectivity index (χ0) is 12.0. The normalized spacial score (nSPS) is 9.81. The molecule has 1 aromatic heterocycles. The van der Waals surface area contributed by atoms with Crippen LogP contribution < -0.4 is 5.32 Å². The van der Waals surface area contributed by atoms with Gasteiger partial charge in [-0.15, -0.1) is 0 Å². The fourth-order valence-corrected chi connectivity index (χ4v) is 1.22. The predicted molar refractivity (Wildman–Crippen MR) is 59.1 cm³/mol. The molecule has 0 aromatic carbocycles. The highest BCUT2D eigenvalue weighted by Crippen LogP contribution is 2.05. The summed E-state index contributed by atoms with van der Waals surface area (Å²) in [6, 6.07) is 5.33. The van der Waals surface area contributed by atoms with Gasteiger partial charge in [-0.1, -0.05) is 6.07 Å². The van der Waals surface area contributed by atoms with E-state index >= 15 is 0 Å². The molecule has 1 heterocycles. The summed E-state index contributed by atoms with van der Waals surface area (Å²) in [5.74, 6) is -0.596. The molecule has 0 atom stereocenters. The summed E-state index contributed by atoms with van der Waals surface area (Å²) in [6.45, 7) is 1.83. The van der Waals surface area contributed by atoms with E-state index in [9.17, 15) is 9.59 Å². The molecule has 0 spiro atoms. The summed E-state index contributed by atoms with van der Waals surface area (Å²) >= 11 is 0. The number of nitrogens with one attached hydrogen (secondary N) is 1. The first-order chi connectivity index (χ1) is 7.58. The molecule has 16 heavy (non-hydrogen) atoms. The Kier molecular flexibility index (Phi) is 4.44. The van der Waals surface area contributed by atoms with Crippen LogP contribution >= 0.6 is 0 Å². The van der Waals surface area contributed by atoms with Crippen molar-refractivity contribution in [2.45, 2.75) is 26.2 Å². The lowest BCUT2D eigenvalue weighted by atomic mass is 10.2. The zero-order valence-electron chi connectivity index (χ0n) is 9.06. The first-order valence-corrected chi connectivity index (χ1v) is 5.03. The Hall–Kier alpha value is -1.91. The lowest BCUT2D eigenvalue weighted by Gasteiger charge is -2.04. The second-order valence-corrected chi connectivity index (χ2v) is 3.46. The van der Waals surface area contributed by atoms with Crippen molar-refractivity contribution in [3.8, 4) is 0 Å². The Labute approximate surface area is 93.5 Å². The summed E-state index contributed by atoms with van der Waals surface area (Å²) in [6.07, 6.45) is 0.545. The highest BCUT2D eigenvalue weighted by Gasteiger charge is 2.04.